The van der Waals surface area contributed by atoms with Crippen molar-refractivity contribution in [3.63, 3.8) is 0 Å². The third-order valence-corrected chi connectivity index (χ3v) is 6.06. The van der Waals surface area contributed by atoms with Gasteiger partial charge in [0.1, 0.15) is 5.75 Å². The molecule has 4 nitrogen and oxygen atoms in total. The third-order valence-electron chi connectivity index (χ3n) is 6.06. The molecule has 2 heterocycles. The number of fused-ring (bicyclic) bond motifs is 1. The average Bonchev–Trinajstić information content (AvgIpc) is 2.77. The van der Waals surface area contributed by atoms with Gasteiger partial charge in [0.2, 0.25) is 5.91 Å². The van der Waals surface area contributed by atoms with Crippen molar-refractivity contribution in [2.24, 2.45) is 0 Å². The molecule has 0 unspecified atom stereocenters. The van der Waals surface area contributed by atoms with Crippen LogP contribution in [0.3, 0.4) is 0 Å². The Hall–Kier alpha value is -2.33. The van der Waals surface area contributed by atoms with Crippen molar-refractivity contribution < 1.29 is 9.53 Å². The molecule has 0 aliphatic carbocycles. The van der Waals surface area contributed by atoms with E-state index in [-0.39, 0.29) is 5.91 Å². The van der Waals surface area contributed by atoms with Crippen LogP contribution in [0, 0.1) is 0 Å². The lowest BCUT2D eigenvalue weighted by Gasteiger charge is -2.30. The van der Waals surface area contributed by atoms with Gasteiger partial charge in [0.15, 0.2) is 0 Å². The summed E-state index contributed by atoms with van der Waals surface area (Å²) < 4.78 is 6.04. The second kappa shape index (κ2) is 9.93. The zero-order valence-corrected chi connectivity index (χ0v) is 17.3. The van der Waals surface area contributed by atoms with Crippen LogP contribution in [0.2, 0.25) is 0 Å². The number of piperidine rings is 1. The summed E-state index contributed by atoms with van der Waals surface area (Å²) in [5, 5.41) is 0. The van der Waals surface area contributed by atoms with Crippen LogP contribution in [0.1, 0.15) is 43.2 Å². The first kappa shape index (κ1) is 20.0. The molecule has 1 amide bonds. The summed E-state index contributed by atoms with van der Waals surface area (Å²) in [6, 6.07) is 16.6. The van der Waals surface area contributed by atoms with Gasteiger partial charge in [-0.05, 0) is 62.4 Å². The maximum absolute atomic E-state index is 12.6. The molecule has 4 heteroatoms. The van der Waals surface area contributed by atoms with E-state index in [0.29, 0.717) is 13.0 Å². The number of rotatable bonds is 8. The predicted molar refractivity (Wildman–Crippen MR) is 118 cm³/mol. The highest BCUT2D eigenvalue weighted by molar-refractivity contribution is 5.96. The summed E-state index contributed by atoms with van der Waals surface area (Å²) in [6.07, 6.45) is 7.38. The predicted octanol–water partition coefficient (Wildman–Crippen LogP) is 4.46. The van der Waals surface area contributed by atoms with Crippen LogP contribution in [-0.4, -0.2) is 43.6 Å². The van der Waals surface area contributed by atoms with Crippen LogP contribution in [0.25, 0.3) is 0 Å². The topological polar surface area (TPSA) is 32.8 Å². The highest BCUT2D eigenvalue weighted by atomic mass is 16.5. The molecule has 1 fully saturated rings. The van der Waals surface area contributed by atoms with Gasteiger partial charge < -0.3 is 14.5 Å². The number of likely N-dealkylation sites (tertiary alicyclic amines) is 1. The lowest BCUT2D eigenvalue weighted by Crippen LogP contribution is -2.36. The van der Waals surface area contributed by atoms with Crippen LogP contribution in [-0.2, 0) is 17.6 Å². The van der Waals surface area contributed by atoms with Gasteiger partial charge in [0.05, 0.1) is 12.3 Å². The molecule has 2 aromatic carbocycles. The van der Waals surface area contributed by atoms with Crippen molar-refractivity contribution in [1.82, 2.24) is 4.90 Å². The molecule has 0 radical (unpaired) electrons. The normalized spacial score (nSPS) is 17.2. The van der Waals surface area contributed by atoms with E-state index in [0.717, 1.165) is 43.9 Å². The fourth-order valence-electron chi connectivity index (χ4n) is 4.40. The first-order chi connectivity index (χ1) is 14.3. The molecule has 0 atom stereocenters. The molecule has 2 aliphatic rings. The van der Waals surface area contributed by atoms with E-state index in [1.165, 1.54) is 43.5 Å². The molecule has 0 aromatic heterocycles. The van der Waals surface area contributed by atoms with Gasteiger partial charge in [0, 0.05) is 25.6 Å². The fourth-order valence-corrected chi connectivity index (χ4v) is 4.40. The van der Waals surface area contributed by atoms with Gasteiger partial charge in [0.25, 0.3) is 0 Å². The number of benzene rings is 2. The maximum Gasteiger partial charge on any atom is 0.227 e. The van der Waals surface area contributed by atoms with Gasteiger partial charge in [-0.3, -0.25) is 4.79 Å². The largest absolute Gasteiger partial charge is 0.493 e. The number of anilines is 1. The van der Waals surface area contributed by atoms with Gasteiger partial charge >= 0.3 is 0 Å². The van der Waals surface area contributed by atoms with Crippen LogP contribution >= 0.6 is 0 Å². The van der Waals surface area contributed by atoms with Crippen molar-refractivity contribution in [3.05, 3.63) is 59.7 Å². The summed E-state index contributed by atoms with van der Waals surface area (Å²) in [5.41, 5.74) is 3.54. The maximum atomic E-state index is 12.6. The standard InChI is InChI=1S/C25H32N2O2/c28-25-13-11-22-10-12-23(29-19-7-17-26-15-5-2-6-16-26)20-24(22)27(25)18-14-21-8-3-1-4-9-21/h1,3-4,8-10,12,20H,2,5-7,11,13-19H2. The first-order valence-corrected chi connectivity index (χ1v) is 11.1. The van der Waals surface area contributed by atoms with E-state index in [4.69, 9.17) is 4.74 Å². The Morgan fingerprint density at radius 2 is 1.72 bits per heavy atom. The molecule has 0 saturated carbocycles. The molecular formula is C25H32N2O2. The summed E-state index contributed by atoms with van der Waals surface area (Å²) in [6.45, 7) is 5.03. The molecule has 0 N–H and O–H groups in total. The van der Waals surface area contributed by atoms with Gasteiger partial charge in [-0.2, -0.15) is 0 Å². The number of amides is 1. The highest BCUT2D eigenvalue weighted by Gasteiger charge is 2.24. The molecule has 1 saturated heterocycles. The van der Waals surface area contributed by atoms with Crippen LogP contribution < -0.4 is 9.64 Å². The van der Waals surface area contributed by atoms with E-state index in [1.807, 2.05) is 11.0 Å². The Morgan fingerprint density at radius 3 is 2.55 bits per heavy atom. The van der Waals surface area contributed by atoms with Crippen molar-refractivity contribution in [3.8, 4) is 5.75 Å². The first-order valence-electron chi connectivity index (χ1n) is 11.1. The summed E-state index contributed by atoms with van der Waals surface area (Å²) in [4.78, 5) is 17.1. The quantitative estimate of drug-likeness (QED) is 0.622. The molecule has 0 spiro atoms. The minimum Gasteiger partial charge on any atom is -0.493 e. The Balaban J connectivity index is 1.35. The number of nitrogens with zero attached hydrogens (tertiary/aromatic N) is 2. The Kier molecular flexibility index (Phi) is 6.83. The molecule has 0 bridgehead atoms. The van der Waals surface area contributed by atoms with E-state index < -0.39 is 0 Å². The monoisotopic (exact) mass is 392 g/mol. The molecule has 4 rings (SSSR count). The summed E-state index contributed by atoms with van der Waals surface area (Å²) in [7, 11) is 0. The number of carbonyl (C=O) groups is 1. The number of aryl methyl sites for hydroxylation is 1. The molecule has 154 valence electrons. The number of carbonyl (C=O) groups excluding carboxylic acids is 1. The lowest BCUT2D eigenvalue weighted by molar-refractivity contribution is -0.118. The van der Waals surface area contributed by atoms with Gasteiger partial charge in [-0.25, -0.2) is 0 Å². The van der Waals surface area contributed by atoms with Crippen molar-refractivity contribution in [2.45, 2.75) is 44.9 Å². The van der Waals surface area contributed by atoms with E-state index in [2.05, 4.69) is 47.4 Å². The van der Waals surface area contributed by atoms with Crippen molar-refractivity contribution >= 4 is 11.6 Å². The number of hydrogen-bond acceptors (Lipinski definition) is 3. The Bertz CT molecular complexity index is 800. The lowest BCUT2D eigenvalue weighted by atomic mass is 10.00. The average molecular weight is 393 g/mol. The van der Waals surface area contributed by atoms with Crippen molar-refractivity contribution in [1.29, 1.82) is 0 Å². The molecule has 29 heavy (non-hydrogen) atoms. The van der Waals surface area contributed by atoms with Gasteiger partial charge in [-0.15, -0.1) is 0 Å². The van der Waals surface area contributed by atoms with Crippen molar-refractivity contribution in [2.75, 3.05) is 37.7 Å². The van der Waals surface area contributed by atoms with E-state index in [1.54, 1.807) is 0 Å². The number of ether oxygens (including phenoxy) is 1. The SMILES string of the molecule is O=C1CCc2ccc(OCCCN3CCCCC3)cc2N1CCc1ccccc1. The Morgan fingerprint density at radius 1 is 0.897 bits per heavy atom. The van der Waals surface area contributed by atoms with Crippen LogP contribution in [0.15, 0.2) is 48.5 Å². The van der Waals surface area contributed by atoms with Crippen LogP contribution in [0.5, 0.6) is 5.75 Å². The molecule has 2 aliphatic heterocycles. The second-order valence-electron chi connectivity index (χ2n) is 8.18. The molecular weight excluding hydrogens is 360 g/mol. The van der Waals surface area contributed by atoms with Crippen LogP contribution in [0.4, 0.5) is 5.69 Å². The second-order valence-corrected chi connectivity index (χ2v) is 8.18. The third kappa shape index (κ3) is 5.39. The zero-order chi connectivity index (χ0) is 19.9. The fraction of sp³-hybridized carbons (Fsp3) is 0.480. The van der Waals surface area contributed by atoms with E-state index in [9.17, 15) is 4.79 Å². The Labute approximate surface area is 174 Å². The highest BCUT2D eigenvalue weighted by Crippen LogP contribution is 2.32. The smallest absolute Gasteiger partial charge is 0.227 e. The molecule has 2 aromatic rings. The number of hydrogen-bond donors (Lipinski definition) is 0. The zero-order valence-electron chi connectivity index (χ0n) is 17.3. The minimum absolute atomic E-state index is 0.218. The van der Waals surface area contributed by atoms with Gasteiger partial charge in [-0.1, -0.05) is 42.8 Å². The summed E-state index contributed by atoms with van der Waals surface area (Å²) >= 11 is 0. The van der Waals surface area contributed by atoms with E-state index >= 15 is 0 Å². The minimum atomic E-state index is 0.218. The summed E-state index contributed by atoms with van der Waals surface area (Å²) in [5.74, 6) is 1.09.